The molecule has 0 bridgehead atoms. The number of aliphatic hydroxyl groups excluding tert-OH is 1. The van der Waals surface area contributed by atoms with Crippen LogP contribution in [0.25, 0.3) is 0 Å². The Morgan fingerprint density at radius 1 is 1.26 bits per heavy atom. The number of benzene rings is 1. The summed E-state index contributed by atoms with van der Waals surface area (Å²) in [5, 5.41) is 9.68. The number of halogens is 2. The molecule has 0 aliphatic heterocycles. The van der Waals surface area contributed by atoms with E-state index >= 15 is 0 Å². The number of aliphatic hydroxyl groups is 1. The quantitative estimate of drug-likeness (QED) is 0.749. The van der Waals surface area contributed by atoms with Crippen molar-refractivity contribution in [3.8, 4) is 0 Å². The summed E-state index contributed by atoms with van der Waals surface area (Å²) in [6, 6.07) is 5.07. The van der Waals surface area contributed by atoms with Crippen LogP contribution in [0.4, 0.5) is 0 Å². The van der Waals surface area contributed by atoms with Crippen molar-refractivity contribution in [2.75, 3.05) is 26.2 Å². The van der Waals surface area contributed by atoms with Crippen LogP contribution in [0.2, 0.25) is 10.0 Å². The molecule has 0 saturated heterocycles. The highest BCUT2D eigenvalue weighted by Crippen LogP contribution is 2.26. The Morgan fingerprint density at radius 2 is 2.00 bits per heavy atom. The Morgan fingerprint density at radius 3 is 2.63 bits per heavy atom. The van der Waals surface area contributed by atoms with Crippen LogP contribution in [0.15, 0.2) is 18.2 Å². The van der Waals surface area contributed by atoms with Gasteiger partial charge in [-0.2, -0.15) is 0 Å². The third-order valence-corrected chi connectivity index (χ3v) is 3.68. The van der Waals surface area contributed by atoms with Gasteiger partial charge in [0.25, 0.3) is 0 Å². The first-order valence-corrected chi connectivity index (χ1v) is 7.16. The van der Waals surface area contributed by atoms with Gasteiger partial charge in [0.1, 0.15) is 0 Å². The van der Waals surface area contributed by atoms with E-state index in [4.69, 9.17) is 28.3 Å². The predicted octanol–water partition coefficient (Wildman–Crippen LogP) is 3.27. The van der Waals surface area contributed by atoms with Gasteiger partial charge in [-0.1, -0.05) is 36.2 Å². The lowest BCUT2D eigenvalue weighted by molar-refractivity contribution is 0.0957. The molecular weight excluding hydrogens is 285 g/mol. The van der Waals surface area contributed by atoms with E-state index in [9.17, 15) is 4.79 Å². The SMILES string of the molecule is CCCN(CCO)CCC(=O)c1cccc(Cl)c1Cl. The average Bonchev–Trinajstić information content (AvgIpc) is 2.39. The van der Waals surface area contributed by atoms with Crippen LogP contribution in [-0.2, 0) is 0 Å². The summed E-state index contributed by atoms with van der Waals surface area (Å²) in [5.74, 6) is -0.0217. The van der Waals surface area contributed by atoms with Gasteiger partial charge in [-0.25, -0.2) is 0 Å². The van der Waals surface area contributed by atoms with Crippen LogP contribution in [-0.4, -0.2) is 42.0 Å². The summed E-state index contributed by atoms with van der Waals surface area (Å²) in [6.45, 7) is 4.25. The molecular formula is C14H19Cl2NO2. The van der Waals surface area contributed by atoms with Crippen LogP contribution in [0.5, 0.6) is 0 Å². The molecule has 0 unspecified atom stereocenters. The number of nitrogens with zero attached hydrogens (tertiary/aromatic N) is 1. The van der Waals surface area contributed by atoms with Crippen LogP contribution in [0.1, 0.15) is 30.1 Å². The fourth-order valence-corrected chi connectivity index (χ4v) is 2.31. The zero-order valence-corrected chi connectivity index (χ0v) is 12.5. The van der Waals surface area contributed by atoms with Crippen LogP contribution < -0.4 is 0 Å². The van der Waals surface area contributed by atoms with E-state index < -0.39 is 0 Å². The summed E-state index contributed by atoms with van der Waals surface area (Å²) < 4.78 is 0. The maximum absolute atomic E-state index is 12.1. The summed E-state index contributed by atoms with van der Waals surface area (Å²) in [5.41, 5.74) is 0.467. The topological polar surface area (TPSA) is 40.5 Å². The Bertz CT molecular complexity index is 418. The van der Waals surface area contributed by atoms with Gasteiger partial charge in [0.05, 0.1) is 16.7 Å². The molecule has 0 fully saturated rings. The normalized spacial score (nSPS) is 11.0. The maximum Gasteiger partial charge on any atom is 0.165 e. The zero-order valence-electron chi connectivity index (χ0n) is 11.0. The van der Waals surface area contributed by atoms with Crippen LogP contribution in [0.3, 0.4) is 0 Å². The van der Waals surface area contributed by atoms with E-state index in [0.29, 0.717) is 35.1 Å². The molecule has 19 heavy (non-hydrogen) atoms. The summed E-state index contributed by atoms with van der Waals surface area (Å²) >= 11 is 11.9. The number of hydrogen-bond donors (Lipinski definition) is 1. The van der Waals surface area contributed by atoms with Crippen molar-refractivity contribution in [3.05, 3.63) is 33.8 Å². The van der Waals surface area contributed by atoms with Gasteiger partial charge in [-0.15, -0.1) is 0 Å². The van der Waals surface area contributed by atoms with E-state index in [0.717, 1.165) is 13.0 Å². The number of ketones is 1. The molecule has 106 valence electrons. The van der Waals surface area contributed by atoms with Gasteiger partial charge < -0.3 is 10.0 Å². The van der Waals surface area contributed by atoms with Gasteiger partial charge in [-0.05, 0) is 25.1 Å². The maximum atomic E-state index is 12.1. The summed E-state index contributed by atoms with van der Waals surface area (Å²) in [7, 11) is 0. The lowest BCUT2D eigenvalue weighted by Crippen LogP contribution is -2.30. The highest BCUT2D eigenvalue weighted by molar-refractivity contribution is 6.43. The zero-order chi connectivity index (χ0) is 14.3. The first-order valence-electron chi connectivity index (χ1n) is 6.40. The number of rotatable bonds is 8. The minimum absolute atomic E-state index is 0.0217. The van der Waals surface area contributed by atoms with E-state index in [-0.39, 0.29) is 12.4 Å². The Balaban J connectivity index is 2.61. The molecule has 0 amide bonds. The predicted molar refractivity (Wildman–Crippen MR) is 79.2 cm³/mol. The number of carbonyl (C=O) groups is 1. The van der Waals surface area contributed by atoms with Gasteiger partial charge in [0.15, 0.2) is 5.78 Å². The molecule has 0 heterocycles. The van der Waals surface area contributed by atoms with Gasteiger partial charge in [0.2, 0.25) is 0 Å². The molecule has 0 saturated carbocycles. The van der Waals surface area contributed by atoms with Crippen molar-refractivity contribution in [1.82, 2.24) is 4.90 Å². The third-order valence-electron chi connectivity index (χ3n) is 2.86. The van der Waals surface area contributed by atoms with Crippen molar-refractivity contribution in [2.24, 2.45) is 0 Å². The first-order chi connectivity index (χ1) is 9.10. The van der Waals surface area contributed by atoms with E-state index in [2.05, 4.69) is 11.8 Å². The second-order valence-electron chi connectivity index (χ2n) is 4.34. The molecule has 0 radical (unpaired) electrons. The Hall–Kier alpha value is -0.610. The van der Waals surface area contributed by atoms with Crippen LogP contribution >= 0.6 is 23.2 Å². The second-order valence-corrected chi connectivity index (χ2v) is 5.12. The van der Waals surface area contributed by atoms with Gasteiger partial charge in [-0.3, -0.25) is 4.79 Å². The molecule has 5 heteroatoms. The Kier molecular flexibility index (Phi) is 7.39. The van der Waals surface area contributed by atoms with Crippen molar-refractivity contribution in [2.45, 2.75) is 19.8 Å². The Labute approximate surface area is 124 Å². The molecule has 0 aromatic heterocycles. The minimum atomic E-state index is -0.0217. The molecule has 0 atom stereocenters. The number of hydrogen-bond acceptors (Lipinski definition) is 3. The van der Waals surface area contributed by atoms with Crippen molar-refractivity contribution in [3.63, 3.8) is 0 Å². The minimum Gasteiger partial charge on any atom is -0.395 e. The van der Waals surface area contributed by atoms with Gasteiger partial charge in [0, 0.05) is 25.1 Å². The molecule has 1 aromatic carbocycles. The molecule has 1 aromatic rings. The summed E-state index contributed by atoms with van der Waals surface area (Å²) in [4.78, 5) is 14.2. The van der Waals surface area contributed by atoms with E-state index in [1.165, 1.54) is 0 Å². The van der Waals surface area contributed by atoms with Crippen LogP contribution in [0, 0.1) is 0 Å². The fraction of sp³-hybridized carbons (Fsp3) is 0.500. The average molecular weight is 304 g/mol. The van der Waals surface area contributed by atoms with Gasteiger partial charge >= 0.3 is 0 Å². The number of Topliss-reactive ketones (excluding diaryl/α,β-unsaturated/α-hetero) is 1. The molecule has 3 nitrogen and oxygen atoms in total. The smallest absolute Gasteiger partial charge is 0.165 e. The highest BCUT2D eigenvalue weighted by Gasteiger charge is 2.14. The lowest BCUT2D eigenvalue weighted by atomic mass is 10.1. The summed E-state index contributed by atoms with van der Waals surface area (Å²) in [6.07, 6.45) is 1.37. The third kappa shape index (κ3) is 5.11. The largest absolute Gasteiger partial charge is 0.395 e. The van der Waals surface area contributed by atoms with Crippen molar-refractivity contribution >= 4 is 29.0 Å². The first kappa shape index (κ1) is 16.4. The molecule has 1 N–H and O–H groups in total. The fourth-order valence-electron chi connectivity index (χ4n) is 1.91. The number of carbonyl (C=O) groups excluding carboxylic acids is 1. The molecule has 0 aliphatic rings. The second kappa shape index (κ2) is 8.54. The van der Waals surface area contributed by atoms with Crippen molar-refractivity contribution in [1.29, 1.82) is 0 Å². The van der Waals surface area contributed by atoms with E-state index in [1.54, 1.807) is 18.2 Å². The standard InChI is InChI=1S/C14H19Cl2NO2/c1-2-7-17(9-10-18)8-6-13(19)11-4-3-5-12(15)14(11)16/h3-5,18H,2,6-10H2,1H3. The highest BCUT2D eigenvalue weighted by atomic mass is 35.5. The van der Waals surface area contributed by atoms with E-state index in [1.807, 2.05) is 0 Å². The molecule has 0 aliphatic carbocycles. The lowest BCUT2D eigenvalue weighted by Gasteiger charge is -2.20. The molecule has 1 rings (SSSR count). The molecule has 0 spiro atoms. The monoisotopic (exact) mass is 303 g/mol. The van der Waals surface area contributed by atoms with Crippen molar-refractivity contribution < 1.29 is 9.90 Å².